The van der Waals surface area contributed by atoms with E-state index in [-0.39, 0.29) is 18.5 Å². The third kappa shape index (κ3) is 6.42. The highest BCUT2D eigenvalue weighted by Crippen LogP contribution is 2.18. The van der Waals surface area contributed by atoms with Crippen molar-refractivity contribution in [2.75, 3.05) is 26.2 Å². The molecular formula is C13H25N3O3. The van der Waals surface area contributed by atoms with Crippen LogP contribution in [0.4, 0.5) is 4.79 Å². The molecule has 6 heteroatoms. The number of hydrogen-bond donors (Lipinski definition) is 2. The Balaban J connectivity index is 2.37. The van der Waals surface area contributed by atoms with Crippen molar-refractivity contribution in [2.45, 2.75) is 39.2 Å². The number of likely N-dealkylation sites (tertiary alicyclic amines) is 1. The largest absolute Gasteiger partial charge is 0.444 e. The van der Waals surface area contributed by atoms with E-state index in [2.05, 4.69) is 5.32 Å². The molecule has 1 rings (SSSR count). The highest BCUT2D eigenvalue weighted by Gasteiger charge is 2.27. The second-order valence-electron chi connectivity index (χ2n) is 6.03. The van der Waals surface area contributed by atoms with Crippen LogP contribution < -0.4 is 11.1 Å². The van der Waals surface area contributed by atoms with E-state index in [9.17, 15) is 9.59 Å². The molecule has 0 aromatic rings. The Bertz CT molecular complexity index is 326. The lowest BCUT2D eigenvalue weighted by Crippen LogP contribution is -2.45. The number of ether oxygens (including phenoxy) is 1. The molecule has 0 bridgehead atoms. The van der Waals surface area contributed by atoms with Crippen molar-refractivity contribution >= 4 is 12.0 Å². The second kappa shape index (κ2) is 6.75. The van der Waals surface area contributed by atoms with Gasteiger partial charge in [0.15, 0.2) is 0 Å². The molecule has 3 N–H and O–H groups in total. The first-order chi connectivity index (χ1) is 8.78. The van der Waals surface area contributed by atoms with E-state index in [1.54, 1.807) is 4.90 Å². The molecule has 1 fully saturated rings. The summed E-state index contributed by atoms with van der Waals surface area (Å²) >= 11 is 0. The third-order valence-corrected chi connectivity index (χ3v) is 2.90. The van der Waals surface area contributed by atoms with Crippen LogP contribution in [0.2, 0.25) is 0 Å². The summed E-state index contributed by atoms with van der Waals surface area (Å²) in [7, 11) is 0. The first-order valence-corrected chi connectivity index (χ1v) is 6.75. The molecule has 110 valence electrons. The van der Waals surface area contributed by atoms with Gasteiger partial charge in [-0.15, -0.1) is 0 Å². The molecule has 1 aliphatic heterocycles. The Kier molecular flexibility index (Phi) is 5.60. The van der Waals surface area contributed by atoms with Gasteiger partial charge in [0.05, 0.1) is 6.54 Å². The molecule has 0 saturated carbocycles. The van der Waals surface area contributed by atoms with Crippen LogP contribution >= 0.6 is 0 Å². The third-order valence-electron chi connectivity index (χ3n) is 2.90. The molecule has 0 aromatic carbocycles. The maximum absolute atomic E-state index is 12.0. The predicted octanol–water partition coefficient (Wildman–Crippen LogP) is 0.708. The minimum atomic E-state index is -0.464. The van der Waals surface area contributed by atoms with Gasteiger partial charge < -0.3 is 20.7 Å². The molecule has 1 heterocycles. The van der Waals surface area contributed by atoms with Crippen LogP contribution in [0.3, 0.4) is 0 Å². The number of nitrogens with one attached hydrogen (secondary N) is 1. The van der Waals surface area contributed by atoms with Gasteiger partial charge in [0.2, 0.25) is 5.91 Å². The fraction of sp³-hybridized carbons (Fsp3) is 0.846. The zero-order chi connectivity index (χ0) is 14.5. The van der Waals surface area contributed by atoms with Crippen LogP contribution in [0.1, 0.15) is 33.6 Å². The molecule has 1 atom stereocenters. The molecule has 0 aromatic heterocycles. The zero-order valence-corrected chi connectivity index (χ0v) is 12.1. The Morgan fingerprint density at radius 2 is 2.11 bits per heavy atom. The highest BCUT2D eigenvalue weighted by molar-refractivity contribution is 5.75. The number of primary amides is 1. The Morgan fingerprint density at radius 3 is 2.68 bits per heavy atom. The molecule has 2 amide bonds. The van der Waals surface area contributed by atoms with Crippen LogP contribution in [0.15, 0.2) is 0 Å². The monoisotopic (exact) mass is 271 g/mol. The SMILES string of the molecule is CC(C)(C)OC(=O)N1CCCC(CNCC(N)=O)C1. The zero-order valence-electron chi connectivity index (χ0n) is 12.1. The van der Waals surface area contributed by atoms with Crippen LogP contribution in [0.25, 0.3) is 0 Å². The molecule has 1 aliphatic rings. The quantitative estimate of drug-likeness (QED) is 0.788. The van der Waals surface area contributed by atoms with Gasteiger partial charge in [0, 0.05) is 19.6 Å². The molecule has 1 saturated heterocycles. The van der Waals surface area contributed by atoms with E-state index in [4.69, 9.17) is 10.5 Å². The van der Waals surface area contributed by atoms with Gasteiger partial charge in [-0.1, -0.05) is 0 Å². The standard InChI is InChI=1S/C13H25N3O3/c1-13(2,3)19-12(18)16-6-4-5-10(9-16)7-15-8-11(14)17/h10,15H,4-9H2,1-3H3,(H2,14,17). The van der Waals surface area contributed by atoms with Gasteiger partial charge in [-0.3, -0.25) is 4.79 Å². The Labute approximate surface area is 114 Å². The summed E-state index contributed by atoms with van der Waals surface area (Å²) in [6, 6.07) is 0. The average molecular weight is 271 g/mol. The van der Waals surface area contributed by atoms with Gasteiger partial charge in [-0.2, -0.15) is 0 Å². The van der Waals surface area contributed by atoms with Crippen LogP contribution in [0.5, 0.6) is 0 Å². The van der Waals surface area contributed by atoms with E-state index in [1.165, 1.54) is 0 Å². The minimum Gasteiger partial charge on any atom is -0.444 e. The number of carbonyl (C=O) groups excluding carboxylic acids is 2. The number of piperidine rings is 1. The van der Waals surface area contributed by atoms with Gasteiger partial charge in [-0.25, -0.2) is 4.79 Å². The van der Waals surface area contributed by atoms with Crippen molar-refractivity contribution in [3.05, 3.63) is 0 Å². The van der Waals surface area contributed by atoms with E-state index in [0.717, 1.165) is 19.4 Å². The Morgan fingerprint density at radius 1 is 1.42 bits per heavy atom. The van der Waals surface area contributed by atoms with E-state index in [1.807, 2.05) is 20.8 Å². The van der Waals surface area contributed by atoms with Crippen LogP contribution in [-0.4, -0.2) is 48.7 Å². The molecule has 0 aliphatic carbocycles. The summed E-state index contributed by atoms with van der Waals surface area (Å²) < 4.78 is 5.36. The second-order valence-corrected chi connectivity index (χ2v) is 6.03. The maximum atomic E-state index is 12.0. The summed E-state index contributed by atoms with van der Waals surface area (Å²) in [5.41, 5.74) is 4.60. The molecule has 0 spiro atoms. The summed E-state index contributed by atoms with van der Waals surface area (Å²) in [6.45, 7) is 7.87. The summed E-state index contributed by atoms with van der Waals surface area (Å²) in [4.78, 5) is 24.3. The summed E-state index contributed by atoms with van der Waals surface area (Å²) in [6.07, 6.45) is 1.75. The predicted molar refractivity (Wildman–Crippen MR) is 72.6 cm³/mol. The number of amides is 2. The maximum Gasteiger partial charge on any atom is 0.410 e. The Hall–Kier alpha value is -1.30. The average Bonchev–Trinajstić information content (AvgIpc) is 2.26. The van der Waals surface area contributed by atoms with Gasteiger partial charge in [0.1, 0.15) is 5.60 Å². The van der Waals surface area contributed by atoms with Crippen LogP contribution in [0, 0.1) is 5.92 Å². The lowest BCUT2D eigenvalue weighted by molar-refractivity contribution is -0.117. The number of nitrogens with two attached hydrogens (primary N) is 1. The van der Waals surface area contributed by atoms with Gasteiger partial charge >= 0.3 is 6.09 Å². The van der Waals surface area contributed by atoms with Crippen molar-refractivity contribution in [3.8, 4) is 0 Å². The van der Waals surface area contributed by atoms with Crippen molar-refractivity contribution in [3.63, 3.8) is 0 Å². The highest BCUT2D eigenvalue weighted by atomic mass is 16.6. The minimum absolute atomic E-state index is 0.183. The summed E-state index contributed by atoms with van der Waals surface area (Å²) in [5.74, 6) is -0.0135. The fourth-order valence-corrected chi connectivity index (χ4v) is 2.12. The molecule has 19 heavy (non-hydrogen) atoms. The lowest BCUT2D eigenvalue weighted by atomic mass is 9.98. The van der Waals surface area contributed by atoms with Gasteiger partial charge in [0.25, 0.3) is 0 Å². The van der Waals surface area contributed by atoms with E-state index >= 15 is 0 Å². The molecule has 1 unspecified atom stereocenters. The smallest absolute Gasteiger partial charge is 0.410 e. The fourth-order valence-electron chi connectivity index (χ4n) is 2.12. The van der Waals surface area contributed by atoms with E-state index < -0.39 is 5.60 Å². The normalized spacial score (nSPS) is 20.2. The summed E-state index contributed by atoms with van der Waals surface area (Å²) in [5, 5.41) is 3.01. The number of carbonyl (C=O) groups is 2. The molecule has 0 radical (unpaired) electrons. The molecular weight excluding hydrogens is 246 g/mol. The van der Waals surface area contributed by atoms with Crippen molar-refractivity contribution < 1.29 is 14.3 Å². The first-order valence-electron chi connectivity index (χ1n) is 6.75. The van der Waals surface area contributed by atoms with Gasteiger partial charge in [-0.05, 0) is 39.5 Å². The first kappa shape index (κ1) is 15.8. The van der Waals surface area contributed by atoms with Crippen molar-refractivity contribution in [2.24, 2.45) is 11.7 Å². The van der Waals surface area contributed by atoms with Crippen molar-refractivity contribution in [1.29, 1.82) is 0 Å². The topological polar surface area (TPSA) is 84.7 Å². The van der Waals surface area contributed by atoms with Crippen molar-refractivity contribution in [1.82, 2.24) is 10.2 Å². The van der Waals surface area contributed by atoms with Crippen LogP contribution in [-0.2, 0) is 9.53 Å². The van der Waals surface area contributed by atoms with E-state index in [0.29, 0.717) is 19.0 Å². The number of hydrogen-bond acceptors (Lipinski definition) is 4. The number of rotatable bonds is 4. The molecule has 6 nitrogen and oxygen atoms in total. The number of nitrogens with zero attached hydrogens (tertiary/aromatic N) is 1. The lowest BCUT2D eigenvalue weighted by Gasteiger charge is -2.34.